The fourth-order valence-corrected chi connectivity index (χ4v) is 4.71. The molecule has 0 fully saturated rings. The van der Waals surface area contributed by atoms with E-state index in [1.54, 1.807) is 0 Å². The van der Waals surface area contributed by atoms with Crippen LogP contribution in [-0.4, -0.2) is 0 Å². The summed E-state index contributed by atoms with van der Waals surface area (Å²) in [5, 5.41) is 0. The van der Waals surface area contributed by atoms with Crippen LogP contribution in [0.1, 0.15) is 48.8 Å². The first-order chi connectivity index (χ1) is 13.1. The summed E-state index contributed by atoms with van der Waals surface area (Å²) in [5.74, 6) is 1.72. The van der Waals surface area contributed by atoms with Gasteiger partial charge in [0.2, 0.25) is 0 Å². The molecule has 3 rings (SSSR count). The molecule has 3 heteroatoms. The zero-order valence-electron chi connectivity index (χ0n) is 15.3. The van der Waals surface area contributed by atoms with Crippen LogP contribution in [0.15, 0.2) is 86.2 Å². The monoisotopic (exact) mass is 547 g/mol. The van der Waals surface area contributed by atoms with E-state index in [1.807, 2.05) is 0 Å². The van der Waals surface area contributed by atoms with Gasteiger partial charge in [0.25, 0.3) is 0 Å². The minimum Gasteiger partial charge on any atom is -0.0654 e. The maximum absolute atomic E-state index is 3.66. The predicted octanol–water partition coefficient (Wildman–Crippen LogP) is 8.92. The normalized spacial score (nSPS) is 12.3. The number of hydrogen-bond acceptors (Lipinski definition) is 0. The highest BCUT2D eigenvalue weighted by Crippen LogP contribution is 2.42. The van der Waals surface area contributed by atoms with Gasteiger partial charge in [-0.3, -0.25) is 0 Å². The van der Waals surface area contributed by atoms with Crippen molar-refractivity contribution in [3.63, 3.8) is 0 Å². The van der Waals surface area contributed by atoms with Crippen LogP contribution in [-0.2, 0) is 0 Å². The molecule has 0 aromatic heterocycles. The topological polar surface area (TPSA) is 0 Å². The minimum absolute atomic E-state index is 0.339. The van der Waals surface area contributed by atoms with Gasteiger partial charge in [-0.15, -0.1) is 0 Å². The minimum atomic E-state index is 0.339. The van der Waals surface area contributed by atoms with E-state index >= 15 is 0 Å². The van der Waals surface area contributed by atoms with Gasteiger partial charge in [0, 0.05) is 19.3 Å². The number of unbranched alkanes of at least 4 members (excludes halogenated alkanes) is 1. The van der Waals surface area contributed by atoms with E-state index in [-0.39, 0.29) is 0 Å². The van der Waals surface area contributed by atoms with Crippen molar-refractivity contribution in [2.45, 2.75) is 32.1 Å². The van der Waals surface area contributed by atoms with E-state index in [0.29, 0.717) is 5.92 Å². The van der Waals surface area contributed by atoms with Crippen molar-refractivity contribution in [2.24, 2.45) is 0 Å². The Hall–Kier alpha value is -0.900. The quantitative estimate of drug-likeness (QED) is 0.276. The molecule has 1 unspecified atom stereocenters. The average Bonchev–Trinajstić information content (AvgIpc) is 2.65. The van der Waals surface area contributed by atoms with Gasteiger partial charge in [0.1, 0.15) is 0 Å². The molecule has 1 atom stereocenters. The highest BCUT2D eigenvalue weighted by atomic mass is 79.9. The first-order valence-electron chi connectivity index (χ1n) is 9.22. The van der Waals surface area contributed by atoms with Crippen LogP contribution in [0.4, 0.5) is 0 Å². The molecule has 0 amide bonds. The largest absolute Gasteiger partial charge is 0.0654 e. The Morgan fingerprint density at radius 2 is 1.26 bits per heavy atom. The molecule has 0 aliphatic rings. The third kappa shape index (κ3) is 5.56. The van der Waals surface area contributed by atoms with Crippen molar-refractivity contribution < 1.29 is 0 Å². The molecule has 0 heterocycles. The van der Waals surface area contributed by atoms with Crippen LogP contribution >= 0.6 is 47.8 Å². The van der Waals surface area contributed by atoms with Gasteiger partial charge in [-0.05, 0) is 65.4 Å². The Bertz CT molecular complexity index is 843. The Kier molecular flexibility index (Phi) is 7.75. The molecule has 0 saturated carbocycles. The highest BCUT2D eigenvalue weighted by Gasteiger charge is 2.27. The number of halogens is 3. The van der Waals surface area contributed by atoms with E-state index in [1.165, 1.54) is 35.4 Å². The second-order valence-electron chi connectivity index (χ2n) is 6.68. The molecule has 139 valence electrons. The van der Waals surface area contributed by atoms with Gasteiger partial charge in [-0.1, -0.05) is 104 Å². The number of benzene rings is 3. The van der Waals surface area contributed by atoms with Crippen molar-refractivity contribution >= 4 is 47.8 Å². The standard InChI is InChI=1S/C24H22Br3/c1-2-3-13-23(17-7-4-10-20(25)14-17)24(18-8-5-11-21(26)15-18)19-9-6-12-22(27)16-19/h4-12,14-16,23H,2-3,13H2,1H3. The lowest BCUT2D eigenvalue weighted by atomic mass is 9.75. The fraction of sp³-hybridized carbons (Fsp3) is 0.208. The van der Waals surface area contributed by atoms with Crippen molar-refractivity contribution in [1.82, 2.24) is 0 Å². The van der Waals surface area contributed by atoms with Crippen LogP contribution in [0.25, 0.3) is 0 Å². The Morgan fingerprint density at radius 1 is 0.741 bits per heavy atom. The summed E-state index contributed by atoms with van der Waals surface area (Å²) in [6.07, 6.45) is 3.51. The van der Waals surface area contributed by atoms with E-state index in [9.17, 15) is 0 Å². The summed E-state index contributed by atoms with van der Waals surface area (Å²) in [6.45, 7) is 2.26. The molecule has 0 aliphatic heterocycles. The third-order valence-corrected chi connectivity index (χ3v) is 6.20. The molecule has 0 spiro atoms. The maximum atomic E-state index is 3.66. The van der Waals surface area contributed by atoms with Crippen LogP contribution in [0.2, 0.25) is 0 Å². The summed E-state index contributed by atoms with van der Waals surface area (Å²) in [5.41, 5.74) is 3.89. The smallest absolute Gasteiger partial charge is 0.0415 e. The van der Waals surface area contributed by atoms with Gasteiger partial charge >= 0.3 is 0 Å². The zero-order valence-corrected chi connectivity index (χ0v) is 20.0. The van der Waals surface area contributed by atoms with Crippen molar-refractivity contribution in [3.8, 4) is 0 Å². The second kappa shape index (κ2) is 10.0. The van der Waals surface area contributed by atoms with Crippen molar-refractivity contribution in [2.75, 3.05) is 0 Å². The summed E-state index contributed by atoms with van der Waals surface area (Å²) >= 11 is 11.0. The Balaban J connectivity index is 2.15. The predicted molar refractivity (Wildman–Crippen MR) is 126 cm³/mol. The first-order valence-corrected chi connectivity index (χ1v) is 11.6. The molecule has 0 bridgehead atoms. The summed E-state index contributed by atoms with van der Waals surface area (Å²) < 4.78 is 3.34. The molecule has 1 radical (unpaired) electrons. The lowest BCUT2D eigenvalue weighted by Gasteiger charge is -2.29. The van der Waals surface area contributed by atoms with Gasteiger partial charge in [-0.2, -0.15) is 0 Å². The number of rotatable bonds is 7. The van der Waals surface area contributed by atoms with Gasteiger partial charge < -0.3 is 0 Å². The lowest BCUT2D eigenvalue weighted by molar-refractivity contribution is 0.615. The summed E-state index contributed by atoms with van der Waals surface area (Å²) in [7, 11) is 0. The van der Waals surface area contributed by atoms with Crippen LogP contribution in [0.5, 0.6) is 0 Å². The van der Waals surface area contributed by atoms with Gasteiger partial charge in [0.15, 0.2) is 0 Å². The van der Waals surface area contributed by atoms with Crippen LogP contribution < -0.4 is 0 Å². The molecule has 0 N–H and O–H groups in total. The summed E-state index contributed by atoms with van der Waals surface area (Å²) in [6, 6.07) is 26.1. The Morgan fingerprint density at radius 3 is 1.74 bits per heavy atom. The first kappa shape index (κ1) is 20.8. The fourth-order valence-electron chi connectivity index (χ4n) is 3.49. The van der Waals surface area contributed by atoms with Gasteiger partial charge in [-0.25, -0.2) is 0 Å². The zero-order chi connectivity index (χ0) is 19.2. The lowest BCUT2D eigenvalue weighted by Crippen LogP contribution is -2.14. The molecule has 3 aromatic rings. The molecule has 3 aromatic carbocycles. The van der Waals surface area contributed by atoms with Crippen molar-refractivity contribution in [3.05, 3.63) is 109 Å². The van der Waals surface area contributed by atoms with E-state index in [0.717, 1.165) is 19.8 Å². The SMILES string of the molecule is CCCCC([C](c1cccc(Br)c1)c1cccc(Br)c1)c1cccc(Br)c1. The van der Waals surface area contributed by atoms with Gasteiger partial charge in [0.05, 0.1) is 0 Å². The highest BCUT2D eigenvalue weighted by molar-refractivity contribution is 9.11. The van der Waals surface area contributed by atoms with E-state index in [2.05, 4.69) is 128 Å². The molecule has 27 heavy (non-hydrogen) atoms. The maximum Gasteiger partial charge on any atom is 0.0415 e. The van der Waals surface area contributed by atoms with E-state index < -0.39 is 0 Å². The van der Waals surface area contributed by atoms with E-state index in [4.69, 9.17) is 0 Å². The Labute approximate surface area is 187 Å². The molecule has 0 aliphatic carbocycles. The van der Waals surface area contributed by atoms with Crippen LogP contribution in [0, 0.1) is 5.92 Å². The second-order valence-corrected chi connectivity index (χ2v) is 9.43. The third-order valence-electron chi connectivity index (χ3n) is 4.72. The average molecular weight is 550 g/mol. The molecule has 0 saturated heterocycles. The number of hydrogen-bond donors (Lipinski definition) is 0. The molecular weight excluding hydrogens is 528 g/mol. The summed E-state index contributed by atoms with van der Waals surface area (Å²) in [4.78, 5) is 0. The molecular formula is C24H22Br3. The van der Waals surface area contributed by atoms with Crippen LogP contribution in [0.3, 0.4) is 0 Å². The molecule has 0 nitrogen and oxygen atoms in total. The van der Waals surface area contributed by atoms with Crippen molar-refractivity contribution in [1.29, 1.82) is 0 Å².